The van der Waals surface area contributed by atoms with E-state index in [1.165, 1.54) is 20.9 Å². The lowest BCUT2D eigenvalue weighted by Crippen LogP contribution is -2.67. The van der Waals surface area contributed by atoms with Crippen LogP contribution in [0.25, 0.3) is 33.3 Å². The molecule has 2 aromatic carbocycles. The number of benzene rings is 2. The first-order valence-corrected chi connectivity index (χ1v) is 23.3. The Bertz CT molecular complexity index is 2610. The van der Waals surface area contributed by atoms with Gasteiger partial charge in [-0.3, -0.25) is 29.2 Å². The first-order valence-electron chi connectivity index (χ1n) is 23.3. The topological polar surface area (TPSA) is 185 Å². The Morgan fingerprint density at radius 3 is 2.57 bits per heavy atom. The number of hydrogen-bond donors (Lipinski definition) is 3. The molecule has 0 radical (unpaired) electrons. The Hall–Kier alpha value is -5.94. The highest BCUT2D eigenvalue weighted by Gasteiger charge is 2.56. The molecule has 1 spiro atoms. The maximum atomic E-state index is 14.8. The zero-order valence-corrected chi connectivity index (χ0v) is 39.6. The van der Waals surface area contributed by atoms with Crippen LogP contribution in [0.15, 0.2) is 73.4 Å². The standard InChI is InChI=1S/C51H63N7O9/c1-9-41(59)55-23-20-50(28-55)47(62)57(30-67-50)43(31(3)4)45(60)53-39-25-33-14-11-15-34(24-33)35-17-18-40-37(26-35)38(44(56(40)10-2)36-16-12-21-52-42(36)32(5)65-8)27-49(6,7)29-66-48(63)51(64)19-13-22-58(54-51)46(39)61/h9,11-12,14-18,21,24,26,31-32,39,43,54,64H,1,10,13,19-20,22-23,25,27-30H2,2-8H3,(H,53,60)/t32-,39-,43-,50-,51-/m0/s1. The molecule has 0 unspecified atom stereocenters. The molecule has 4 amide bonds. The van der Waals surface area contributed by atoms with Crippen LogP contribution in [0, 0.1) is 11.3 Å². The van der Waals surface area contributed by atoms with Gasteiger partial charge in [-0.25, -0.2) is 4.79 Å². The number of amides is 4. The number of cyclic esters (lactones) is 1. The lowest BCUT2D eigenvalue weighted by Gasteiger charge is -2.40. The van der Waals surface area contributed by atoms with E-state index in [0.717, 1.165) is 50.1 Å². The molecule has 0 aliphatic carbocycles. The van der Waals surface area contributed by atoms with Crippen molar-refractivity contribution in [1.82, 2.24) is 35.1 Å². The Morgan fingerprint density at radius 1 is 1.06 bits per heavy atom. The molecule has 6 heterocycles. The van der Waals surface area contributed by atoms with Crippen molar-refractivity contribution >= 4 is 40.5 Å². The van der Waals surface area contributed by atoms with E-state index in [1.54, 1.807) is 13.3 Å². The van der Waals surface area contributed by atoms with Gasteiger partial charge in [0.25, 0.3) is 11.8 Å². The van der Waals surface area contributed by atoms with E-state index in [0.29, 0.717) is 19.5 Å². The summed E-state index contributed by atoms with van der Waals surface area (Å²) < 4.78 is 20.2. The second-order valence-electron chi connectivity index (χ2n) is 19.5. The predicted molar refractivity (Wildman–Crippen MR) is 250 cm³/mol. The van der Waals surface area contributed by atoms with E-state index in [9.17, 15) is 29.1 Å². The van der Waals surface area contributed by atoms with Crippen molar-refractivity contribution in [3.05, 3.63) is 90.3 Å². The number of hydrazine groups is 1. The number of likely N-dealkylation sites (tertiary alicyclic amines) is 1. The van der Waals surface area contributed by atoms with Crippen LogP contribution in [0.1, 0.15) is 83.7 Å². The molecule has 4 aliphatic rings. The monoisotopic (exact) mass is 917 g/mol. The molecule has 67 heavy (non-hydrogen) atoms. The highest BCUT2D eigenvalue weighted by molar-refractivity contribution is 5.97. The van der Waals surface area contributed by atoms with Crippen LogP contribution in [0.4, 0.5) is 0 Å². The first-order chi connectivity index (χ1) is 31.9. The summed E-state index contributed by atoms with van der Waals surface area (Å²) in [6, 6.07) is 16.0. The fourth-order valence-electron chi connectivity index (χ4n) is 10.3. The summed E-state index contributed by atoms with van der Waals surface area (Å²) >= 11 is 0. The van der Waals surface area contributed by atoms with Crippen LogP contribution in [0.3, 0.4) is 0 Å². The third-order valence-electron chi connectivity index (χ3n) is 13.8. The SMILES string of the molecule is C=CC(=O)N1CC[C@@]2(C1)OCN([C@H](C(=O)N[C@H]1Cc3cccc(c3)-c3ccc4c(c3)c(c(-c3cccnc3[C@H](C)OC)n4CC)CC(C)(C)COC(=O)[C@@]3(O)CCCN(N3)C1=O)C(C)C)C2=O. The predicted octanol–water partition coefficient (Wildman–Crippen LogP) is 5.06. The van der Waals surface area contributed by atoms with Gasteiger partial charge in [0, 0.05) is 74.1 Å². The number of esters is 1. The highest BCUT2D eigenvalue weighted by Crippen LogP contribution is 2.42. The molecule has 16 heteroatoms. The molecule has 3 N–H and O–H groups in total. The van der Waals surface area contributed by atoms with Crippen molar-refractivity contribution in [2.24, 2.45) is 11.3 Å². The van der Waals surface area contributed by atoms with E-state index in [4.69, 9.17) is 19.2 Å². The number of methoxy groups -OCH3 is 1. The minimum Gasteiger partial charge on any atom is -0.462 e. The molecular formula is C51H63N7O9. The van der Waals surface area contributed by atoms with Crippen LogP contribution in [0.2, 0.25) is 0 Å². The van der Waals surface area contributed by atoms with E-state index in [-0.39, 0.29) is 64.1 Å². The van der Waals surface area contributed by atoms with Gasteiger partial charge in [0.15, 0.2) is 5.60 Å². The summed E-state index contributed by atoms with van der Waals surface area (Å²) in [7, 11) is 1.67. The van der Waals surface area contributed by atoms with Crippen molar-refractivity contribution in [1.29, 1.82) is 0 Å². The van der Waals surface area contributed by atoms with Gasteiger partial charge in [0.1, 0.15) is 18.8 Å². The minimum absolute atomic E-state index is 0.0163. The maximum Gasteiger partial charge on any atom is 0.355 e. The molecule has 6 bridgehead atoms. The zero-order valence-electron chi connectivity index (χ0n) is 39.6. The van der Waals surface area contributed by atoms with E-state index < -0.39 is 58.4 Å². The van der Waals surface area contributed by atoms with Gasteiger partial charge >= 0.3 is 5.97 Å². The van der Waals surface area contributed by atoms with E-state index in [1.807, 2.05) is 65.0 Å². The molecule has 4 aromatic rings. The zero-order chi connectivity index (χ0) is 48.0. The lowest BCUT2D eigenvalue weighted by molar-refractivity contribution is -0.189. The largest absolute Gasteiger partial charge is 0.462 e. The number of nitrogens with zero attached hydrogens (tertiary/aromatic N) is 5. The van der Waals surface area contributed by atoms with Gasteiger partial charge in [0.05, 0.1) is 30.6 Å². The average molecular weight is 918 g/mol. The molecule has 2 aromatic heterocycles. The summed E-state index contributed by atoms with van der Waals surface area (Å²) in [6.45, 7) is 16.3. The van der Waals surface area contributed by atoms with Crippen LogP contribution in [-0.4, -0.2) is 123 Å². The van der Waals surface area contributed by atoms with Crippen LogP contribution in [0.5, 0.6) is 0 Å². The quantitative estimate of drug-likeness (QED) is 0.151. The van der Waals surface area contributed by atoms with E-state index >= 15 is 0 Å². The summed E-state index contributed by atoms with van der Waals surface area (Å²) in [5.74, 6) is -3.19. The first kappa shape index (κ1) is 47.5. The molecule has 356 valence electrons. The molecule has 5 atom stereocenters. The number of rotatable bonds is 9. The van der Waals surface area contributed by atoms with Gasteiger partial charge in [-0.05, 0) is 85.2 Å². The number of aromatic nitrogens is 2. The van der Waals surface area contributed by atoms with Gasteiger partial charge in [-0.2, -0.15) is 5.43 Å². The molecule has 8 rings (SSSR count). The van der Waals surface area contributed by atoms with E-state index in [2.05, 4.69) is 53.1 Å². The number of fused-ring (bicyclic) bond motifs is 6. The van der Waals surface area contributed by atoms with Crippen molar-refractivity contribution in [2.45, 2.75) is 110 Å². The summed E-state index contributed by atoms with van der Waals surface area (Å²) in [6.07, 6.45) is 3.73. The number of pyridine rings is 1. The molecule has 4 aliphatic heterocycles. The van der Waals surface area contributed by atoms with Gasteiger partial charge in [-0.15, -0.1) is 0 Å². The number of carbonyl (C=O) groups is 5. The fourth-order valence-corrected chi connectivity index (χ4v) is 10.3. The fraction of sp³-hybridized carbons (Fsp3) is 0.490. The second-order valence-corrected chi connectivity index (χ2v) is 19.5. The lowest BCUT2D eigenvalue weighted by atomic mass is 9.84. The Labute approximate surface area is 391 Å². The smallest absolute Gasteiger partial charge is 0.355 e. The van der Waals surface area contributed by atoms with Crippen molar-refractivity contribution in [2.75, 3.05) is 40.1 Å². The molecule has 16 nitrogen and oxygen atoms in total. The number of aryl methyl sites for hydroxylation is 1. The van der Waals surface area contributed by atoms with Gasteiger partial charge in [0.2, 0.25) is 17.5 Å². The second kappa shape index (κ2) is 18.6. The van der Waals surface area contributed by atoms with Crippen LogP contribution in [-0.2, 0) is 57.6 Å². The Balaban J connectivity index is 1.20. The number of ether oxygens (including phenoxy) is 3. The summed E-state index contributed by atoms with van der Waals surface area (Å²) in [4.78, 5) is 77.7. The number of nitrogens with one attached hydrogen (secondary N) is 2. The third-order valence-corrected chi connectivity index (χ3v) is 13.8. The molecule has 0 saturated carbocycles. The van der Waals surface area contributed by atoms with Crippen molar-refractivity contribution in [3.63, 3.8) is 0 Å². The third kappa shape index (κ3) is 8.99. The summed E-state index contributed by atoms with van der Waals surface area (Å²) in [5.41, 5.74) is 6.00. The Kier molecular flexibility index (Phi) is 13.2. The molecular weight excluding hydrogens is 855 g/mol. The number of aliphatic hydroxyl groups is 1. The van der Waals surface area contributed by atoms with Crippen LogP contribution >= 0.6 is 0 Å². The average Bonchev–Trinajstić information content (AvgIpc) is 3.99. The van der Waals surface area contributed by atoms with Gasteiger partial charge in [-0.1, -0.05) is 64.6 Å². The highest BCUT2D eigenvalue weighted by atomic mass is 16.6. The van der Waals surface area contributed by atoms with Crippen molar-refractivity contribution < 1.29 is 43.3 Å². The van der Waals surface area contributed by atoms with Crippen LogP contribution < -0.4 is 10.7 Å². The number of carbonyl (C=O) groups excluding carboxylic acids is 5. The normalized spacial score (nSPS) is 24.2. The summed E-state index contributed by atoms with van der Waals surface area (Å²) in [5, 5.41) is 17.1. The Morgan fingerprint density at radius 2 is 1.84 bits per heavy atom. The van der Waals surface area contributed by atoms with Crippen molar-refractivity contribution in [3.8, 4) is 22.4 Å². The maximum absolute atomic E-state index is 14.8. The molecule has 3 fully saturated rings. The molecule has 3 saturated heterocycles. The number of hydrogen-bond acceptors (Lipinski definition) is 11. The van der Waals surface area contributed by atoms with Gasteiger partial charge < -0.3 is 39.0 Å². The minimum atomic E-state index is -2.24.